The van der Waals surface area contributed by atoms with Crippen LogP contribution < -0.4 is 10.4 Å². The van der Waals surface area contributed by atoms with Crippen LogP contribution in [0.4, 0.5) is 0 Å². The molecule has 0 aliphatic heterocycles. The Balaban J connectivity index is 1.99. The molecular weight excluding hydrogens is 312 g/mol. The number of hydrogen-bond acceptors (Lipinski definition) is 6. The Labute approximate surface area is 138 Å². The van der Waals surface area contributed by atoms with Gasteiger partial charge in [0.25, 0.3) is 0 Å². The Bertz CT molecular complexity index is 905. The summed E-state index contributed by atoms with van der Waals surface area (Å²) in [5, 5.41) is 11.9. The van der Waals surface area contributed by atoms with E-state index in [1.165, 1.54) is 12.3 Å². The predicted octanol–water partition coefficient (Wildman–Crippen LogP) is 3.09. The number of ether oxygens (including phenoxy) is 2. The molecule has 6 nitrogen and oxygen atoms in total. The maximum Gasteiger partial charge on any atom is 0.336 e. The van der Waals surface area contributed by atoms with Gasteiger partial charge < -0.3 is 23.4 Å². The van der Waals surface area contributed by atoms with Gasteiger partial charge in [-0.15, -0.1) is 0 Å². The number of rotatable bonds is 6. The minimum atomic E-state index is -0.867. The Morgan fingerprint density at radius 2 is 1.96 bits per heavy atom. The van der Waals surface area contributed by atoms with Crippen LogP contribution in [0.1, 0.15) is 20.8 Å². The molecule has 128 valence electrons. The largest absolute Gasteiger partial charge is 0.483 e. The Morgan fingerprint density at radius 1 is 1.21 bits per heavy atom. The van der Waals surface area contributed by atoms with E-state index < -0.39 is 17.3 Å². The van der Waals surface area contributed by atoms with Gasteiger partial charge in [-0.3, -0.25) is 0 Å². The SMILES string of the molecule is CCOC(C)(C)C(O)COc1c2occc2cc2ccc(=O)oc12. The summed E-state index contributed by atoms with van der Waals surface area (Å²) in [5.74, 6) is 0.302. The maximum atomic E-state index is 11.6. The topological polar surface area (TPSA) is 82.0 Å². The lowest BCUT2D eigenvalue weighted by molar-refractivity contribution is -0.108. The molecule has 3 aromatic rings. The number of fused-ring (bicyclic) bond motifs is 2. The van der Waals surface area contributed by atoms with Crippen LogP contribution in [0.25, 0.3) is 21.9 Å². The first-order chi connectivity index (χ1) is 11.4. The van der Waals surface area contributed by atoms with Crippen LogP contribution in [0.5, 0.6) is 5.75 Å². The van der Waals surface area contributed by atoms with Crippen LogP contribution in [0, 0.1) is 0 Å². The van der Waals surface area contributed by atoms with Gasteiger partial charge in [0.1, 0.15) is 12.7 Å². The second-order valence-electron chi connectivity index (χ2n) is 6.08. The molecule has 0 spiro atoms. The van der Waals surface area contributed by atoms with Gasteiger partial charge in [-0.05, 0) is 39.0 Å². The monoisotopic (exact) mass is 332 g/mol. The summed E-state index contributed by atoms with van der Waals surface area (Å²) in [6, 6.07) is 6.67. The summed E-state index contributed by atoms with van der Waals surface area (Å²) in [4.78, 5) is 11.6. The third-order valence-corrected chi connectivity index (χ3v) is 3.99. The molecule has 0 amide bonds. The summed E-state index contributed by atoms with van der Waals surface area (Å²) in [6.45, 7) is 5.89. The lowest BCUT2D eigenvalue weighted by atomic mass is 10.0. The Kier molecular flexibility index (Phi) is 4.34. The molecule has 1 unspecified atom stereocenters. The van der Waals surface area contributed by atoms with Crippen molar-refractivity contribution in [1.82, 2.24) is 0 Å². The van der Waals surface area contributed by atoms with Gasteiger partial charge in [0, 0.05) is 23.4 Å². The molecule has 0 radical (unpaired) electrons. The summed E-state index contributed by atoms with van der Waals surface area (Å²) in [7, 11) is 0. The van der Waals surface area contributed by atoms with Crippen molar-refractivity contribution in [1.29, 1.82) is 0 Å². The van der Waals surface area contributed by atoms with Crippen molar-refractivity contribution >= 4 is 21.9 Å². The normalized spacial score (nSPS) is 13.5. The van der Waals surface area contributed by atoms with E-state index in [1.807, 2.05) is 13.0 Å². The Hall–Kier alpha value is -2.31. The minimum Gasteiger partial charge on any atom is -0.483 e. The molecule has 0 saturated carbocycles. The highest BCUT2D eigenvalue weighted by Gasteiger charge is 2.29. The van der Waals surface area contributed by atoms with E-state index in [4.69, 9.17) is 18.3 Å². The lowest BCUT2D eigenvalue weighted by Crippen LogP contribution is -2.42. The van der Waals surface area contributed by atoms with Crippen LogP contribution in [0.3, 0.4) is 0 Å². The molecule has 0 aliphatic carbocycles. The molecule has 0 saturated heterocycles. The van der Waals surface area contributed by atoms with Crippen LogP contribution in [-0.4, -0.2) is 30.0 Å². The zero-order valence-electron chi connectivity index (χ0n) is 13.9. The van der Waals surface area contributed by atoms with Crippen molar-refractivity contribution in [2.45, 2.75) is 32.5 Å². The van der Waals surface area contributed by atoms with Gasteiger partial charge in [-0.1, -0.05) is 0 Å². The number of hydrogen-bond donors (Lipinski definition) is 1. The first kappa shape index (κ1) is 16.5. The number of aliphatic hydroxyl groups excluding tert-OH is 1. The van der Waals surface area contributed by atoms with Crippen LogP contribution in [-0.2, 0) is 4.74 Å². The highest BCUT2D eigenvalue weighted by Crippen LogP contribution is 2.35. The van der Waals surface area contributed by atoms with Gasteiger partial charge in [0.2, 0.25) is 5.75 Å². The van der Waals surface area contributed by atoms with Crippen molar-refractivity contribution in [2.75, 3.05) is 13.2 Å². The molecule has 0 fully saturated rings. The zero-order valence-corrected chi connectivity index (χ0v) is 13.9. The van der Waals surface area contributed by atoms with E-state index >= 15 is 0 Å². The van der Waals surface area contributed by atoms with Crippen molar-refractivity contribution < 1.29 is 23.4 Å². The predicted molar refractivity (Wildman–Crippen MR) is 89.5 cm³/mol. The van der Waals surface area contributed by atoms with Crippen molar-refractivity contribution in [3.63, 3.8) is 0 Å². The van der Waals surface area contributed by atoms with Gasteiger partial charge in [-0.25, -0.2) is 4.79 Å². The van der Waals surface area contributed by atoms with E-state index in [2.05, 4.69) is 0 Å². The third kappa shape index (κ3) is 3.02. The molecule has 0 aliphatic rings. The highest BCUT2D eigenvalue weighted by atomic mass is 16.5. The summed E-state index contributed by atoms with van der Waals surface area (Å²) < 4.78 is 22.1. The van der Waals surface area contributed by atoms with E-state index in [-0.39, 0.29) is 6.61 Å². The first-order valence-corrected chi connectivity index (χ1v) is 7.81. The summed E-state index contributed by atoms with van der Waals surface area (Å²) in [5.41, 5.74) is -0.472. The molecule has 2 aromatic heterocycles. The summed E-state index contributed by atoms with van der Waals surface area (Å²) >= 11 is 0. The molecule has 0 bridgehead atoms. The minimum absolute atomic E-state index is 0.0273. The standard InChI is InChI=1S/C18H20O6/c1-4-23-18(2,3)13(19)10-22-17-15-12(7-8-21-15)9-11-5-6-14(20)24-16(11)17/h5-9,13,19H,4,10H2,1-3H3. The smallest absolute Gasteiger partial charge is 0.336 e. The van der Waals surface area contributed by atoms with Crippen LogP contribution in [0.2, 0.25) is 0 Å². The fraction of sp³-hybridized carbons (Fsp3) is 0.389. The zero-order chi connectivity index (χ0) is 17.3. The number of aliphatic hydroxyl groups is 1. The highest BCUT2D eigenvalue weighted by molar-refractivity contribution is 5.99. The molecule has 24 heavy (non-hydrogen) atoms. The van der Waals surface area contributed by atoms with Crippen molar-refractivity contribution in [3.05, 3.63) is 40.9 Å². The van der Waals surface area contributed by atoms with E-state index in [0.717, 1.165) is 10.8 Å². The maximum absolute atomic E-state index is 11.6. The average Bonchev–Trinajstić information content (AvgIpc) is 2.99. The van der Waals surface area contributed by atoms with Gasteiger partial charge in [0.15, 0.2) is 11.2 Å². The van der Waals surface area contributed by atoms with Crippen molar-refractivity contribution in [2.24, 2.45) is 0 Å². The van der Waals surface area contributed by atoms with E-state index in [9.17, 15) is 9.90 Å². The molecule has 6 heteroatoms. The molecule has 1 N–H and O–H groups in total. The lowest BCUT2D eigenvalue weighted by Gasteiger charge is -2.30. The van der Waals surface area contributed by atoms with Crippen molar-refractivity contribution in [3.8, 4) is 5.75 Å². The van der Waals surface area contributed by atoms with Gasteiger partial charge >= 0.3 is 5.63 Å². The fourth-order valence-corrected chi connectivity index (χ4v) is 2.57. The molecule has 2 heterocycles. The van der Waals surface area contributed by atoms with E-state index in [1.54, 1.807) is 26.0 Å². The summed E-state index contributed by atoms with van der Waals surface area (Å²) in [6.07, 6.45) is 0.669. The molecule has 1 aromatic carbocycles. The van der Waals surface area contributed by atoms with Gasteiger partial charge in [0.05, 0.1) is 11.9 Å². The van der Waals surface area contributed by atoms with Crippen LogP contribution in [0.15, 0.2) is 44.2 Å². The number of furan rings is 1. The molecular formula is C18H20O6. The van der Waals surface area contributed by atoms with Gasteiger partial charge in [-0.2, -0.15) is 0 Å². The van der Waals surface area contributed by atoms with Crippen LogP contribution >= 0.6 is 0 Å². The molecule has 1 atom stereocenters. The second kappa shape index (κ2) is 6.30. The molecule has 3 rings (SSSR count). The van der Waals surface area contributed by atoms with E-state index in [0.29, 0.717) is 23.5 Å². The fourth-order valence-electron chi connectivity index (χ4n) is 2.57. The number of benzene rings is 1. The average molecular weight is 332 g/mol. The Morgan fingerprint density at radius 3 is 2.71 bits per heavy atom. The first-order valence-electron chi connectivity index (χ1n) is 7.81. The quantitative estimate of drug-likeness (QED) is 0.699. The third-order valence-electron chi connectivity index (χ3n) is 3.99. The second-order valence-corrected chi connectivity index (χ2v) is 6.08.